The first kappa shape index (κ1) is 30.8. The van der Waals surface area contributed by atoms with E-state index >= 15 is 0 Å². The lowest BCUT2D eigenvalue weighted by Crippen LogP contribution is -2.47. The van der Waals surface area contributed by atoms with Gasteiger partial charge in [-0.15, -0.1) is 0 Å². The van der Waals surface area contributed by atoms with Crippen molar-refractivity contribution in [3.05, 3.63) is 95.1 Å². The summed E-state index contributed by atoms with van der Waals surface area (Å²) in [5.74, 6) is -1.18. The molecule has 3 aromatic rings. The zero-order chi connectivity index (χ0) is 30.2. The number of amides is 1. The van der Waals surface area contributed by atoms with Gasteiger partial charge in [0.25, 0.3) is 0 Å². The van der Waals surface area contributed by atoms with Crippen LogP contribution in [0.5, 0.6) is 0 Å². The molecule has 9 nitrogen and oxygen atoms in total. The van der Waals surface area contributed by atoms with Crippen molar-refractivity contribution >= 4 is 11.9 Å². The van der Waals surface area contributed by atoms with Crippen molar-refractivity contribution in [2.24, 2.45) is 5.92 Å². The van der Waals surface area contributed by atoms with E-state index in [1.54, 1.807) is 0 Å². The molecule has 2 fully saturated rings. The zero-order valence-corrected chi connectivity index (χ0v) is 24.5. The summed E-state index contributed by atoms with van der Waals surface area (Å²) < 4.78 is 18.8. The van der Waals surface area contributed by atoms with Crippen LogP contribution in [0.4, 0.5) is 0 Å². The number of rotatable bonds is 11. The molecule has 0 radical (unpaired) electrons. The summed E-state index contributed by atoms with van der Waals surface area (Å²) >= 11 is 0. The highest BCUT2D eigenvalue weighted by Crippen LogP contribution is 2.42. The maximum Gasteiger partial charge on any atom is 0.303 e. The van der Waals surface area contributed by atoms with Crippen molar-refractivity contribution in [2.75, 3.05) is 32.8 Å². The van der Waals surface area contributed by atoms with E-state index in [1.165, 1.54) is 0 Å². The minimum absolute atomic E-state index is 0.000675. The predicted molar refractivity (Wildman–Crippen MR) is 161 cm³/mol. The van der Waals surface area contributed by atoms with E-state index in [9.17, 15) is 14.7 Å². The Morgan fingerprint density at radius 3 is 2.30 bits per heavy atom. The molecule has 0 bridgehead atoms. The van der Waals surface area contributed by atoms with Crippen LogP contribution in [0.3, 0.4) is 0 Å². The third kappa shape index (κ3) is 8.07. The Morgan fingerprint density at radius 2 is 1.60 bits per heavy atom. The van der Waals surface area contributed by atoms with Gasteiger partial charge in [0.1, 0.15) is 0 Å². The summed E-state index contributed by atoms with van der Waals surface area (Å²) in [7, 11) is 0. The summed E-state index contributed by atoms with van der Waals surface area (Å²) in [5.41, 5.74) is 5.75. The molecule has 2 saturated heterocycles. The Labute approximate surface area is 252 Å². The van der Waals surface area contributed by atoms with Gasteiger partial charge in [-0.3, -0.25) is 14.5 Å². The van der Waals surface area contributed by atoms with Crippen molar-refractivity contribution in [3.8, 4) is 11.1 Å². The van der Waals surface area contributed by atoms with Gasteiger partial charge in [0, 0.05) is 44.1 Å². The Bertz CT molecular complexity index is 1360. The maximum absolute atomic E-state index is 12.1. The van der Waals surface area contributed by atoms with Gasteiger partial charge in [-0.25, -0.2) is 0 Å². The average Bonchev–Trinajstić information content (AvgIpc) is 3.04. The zero-order valence-electron chi connectivity index (χ0n) is 24.5. The fourth-order valence-electron chi connectivity index (χ4n) is 5.64. The highest BCUT2D eigenvalue weighted by atomic mass is 16.7. The lowest BCUT2D eigenvalue weighted by molar-refractivity contribution is -0.277. The van der Waals surface area contributed by atoms with Crippen molar-refractivity contribution in [3.63, 3.8) is 0 Å². The molecule has 1 amide bonds. The number of hydrogen-bond acceptors (Lipinski definition) is 7. The first-order chi connectivity index (χ1) is 20.9. The molecule has 3 aromatic carbocycles. The number of aliphatic carboxylic acids is 1. The predicted octanol–water partition coefficient (Wildman–Crippen LogP) is 4.45. The SMILES string of the molecule is C[C@H]1[C@@H](CN2CCOCC2)O[C@@H](c2ccc(-c3ccccc3CNC(=O)CCC(=O)O)cc2)O[C@H]1c1ccc(CO)cc1. The van der Waals surface area contributed by atoms with Gasteiger partial charge in [0.05, 0.1) is 38.4 Å². The number of carbonyl (C=O) groups excluding carboxylic acids is 1. The number of ether oxygens (including phenoxy) is 3. The van der Waals surface area contributed by atoms with Crippen LogP contribution in [-0.2, 0) is 37.0 Å². The van der Waals surface area contributed by atoms with E-state index in [0.29, 0.717) is 6.54 Å². The second-order valence-corrected chi connectivity index (χ2v) is 11.2. The Morgan fingerprint density at radius 1 is 0.907 bits per heavy atom. The standard InChI is InChI=1S/C34H40N2O7/c1-23-30(21-36-16-18-41-19-17-36)42-34(43-33(23)26-8-6-24(22-37)7-9-26)27-12-10-25(11-13-27)29-5-3-2-4-28(29)20-35-31(38)14-15-32(39)40/h2-13,23,30,33-34,37H,14-22H2,1H3,(H,35,38)(H,39,40)/t23-,30+,33+,34+/m0/s1. The molecular weight excluding hydrogens is 548 g/mol. The molecule has 0 unspecified atom stereocenters. The minimum atomic E-state index is -0.991. The number of aliphatic hydroxyl groups is 1. The summed E-state index contributed by atoms with van der Waals surface area (Å²) in [6.07, 6.45) is -1.03. The van der Waals surface area contributed by atoms with Crippen LogP contribution in [-0.4, -0.2) is 65.9 Å². The van der Waals surface area contributed by atoms with Gasteiger partial charge in [-0.05, 0) is 27.8 Å². The number of carboxylic acids is 1. The van der Waals surface area contributed by atoms with Gasteiger partial charge >= 0.3 is 5.97 Å². The van der Waals surface area contributed by atoms with Crippen LogP contribution in [0.1, 0.15) is 54.4 Å². The molecule has 5 rings (SSSR count). The van der Waals surface area contributed by atoms with Crippen LogP contribution < -0.4 is 5.32 Å². The molecule has 2 heterocycles. The van der Waals surface area contributed by atoms with Crippen LogP contribution in [0.25, 0.3) is 11.1 Å². The fraction of sp³-hybridized carbons (Fsp3) is 0.412. The molecule has 43 heavy (non-hydrogen) atoms. The number of nitrogens with zero attached hydrogens (tertiary/aromatic N) is 1. The second kappa shape index (κ2) is 14.7. The van der Waals surface area contributed by atoms with Crippen molar-refractivity contribution in [1.29, 1.82) is 0 Å². The third-order valence-electron chi connectivity index (χ3n) is 8.22. The number of morpholine rings is 1. The molecule has 0 saturated carbocycles. The van der Waals surface area contributed by atoms with Gasteiger partial charge in [0.15, 0.2) is 6.29 Å². The molecule has 3 N–H and O–H groups in total. The Kier molecular flexibility index (Phi) is 10.6. The van der Waals surface area contributed by atoms with Gasteiger partial charge < -0.3 is 29.7 Å². The van der Waals surface area contributed by atoms with E-state index in [1.807, 2.05) is 72.8 Å². The van der Waals surface area contributed by atoms with E-state index < -0.39 is 12.3 Å². The monoisotopic (exact) mass is 588 g/mol. The average molecular weight is 589 g/mol. The Balaban J connectivity index is 1.33. The maximum atomic E-state index is 12.1. The first-order valence-corrected chi connectivity index (χ1v) is 14.9. The van der Waals surface area contributed by atoms with Gasteiger partial charge in [-0.2, -0.15) is 0 Å². The molecule has 228 valence electrons. The second-order valence-electron chi connectivity index (χ2n) is 11.2. The number of carbonyl (C=O) groups is 2. The molecule has 2 aliphatic heterocycles. The number of nitrogens with one attached hydrogen (secondary N) is 1. The molecule has 9 heteroatoms. The minimum Gasteiger partial charge on any atom is -0.481 e. The van der Waals surface area contributed by atoms with Crippen LogP contribution in [0.15, 0.2) is 72.8 Å². The molecule has 0 aliphatic carbocycles. The Hall–Kier alpha value is -3.60. The van der Waals surface area contributed by atoms with E-state index in [4.69, 9.17) is 19.3 Å². The fourth-order valence-corrected chi connectivity index (χ4v) is 5.64. The van der Waals surface area contributed by atoms with E-state index in [-0.39, 0.29) is 43.5 Å². The largest absolute Gasteiger partial charge is 0.481 e. The third-order valence-corrected chi connectivity index (χ3v) is 8.22. The lowest BCUT2D eigenvalue weighted by atomic mass is 9.90. The van der Waals surface area contributed by atoms with Gasteiger partial charge in [-0.1, -0.05) is 79.7 Å². The normalized spacial score (nSPS) is 22.7. The van der Waals surface area contributed by atoms with E-state index in [0.717, 1.165) is 66.2 Å². The number of carboxylic acid groups (broad SMARTS) is 1. The van der Waals surface area contributed by atoms with Crippen molar-refractivity contribution < 1.29 is 34.0 Å². The summed E-state index contributed by atoms with van der Waals surface area (Å²) in [6.45, 7) is 6.47. The quantitative estimate of drug-likeness (QED) is 0.301. The molecule has 4 atom stereocenters. The van der Waals surface area contributed by atoms with Crippen LogP contribution in [0.2, 0.25) is 0 Å². The summed E-state index contributed by atoms with van der Waals surface area (Å²) in [5, 5.41) is 21.2. The van der Waals surface area contributed by atoms with Crippen molar-refractivity contribution in [1.82, 2.24) is 10.2 Å². The molecular formula is C34H40N2O7. The smallest absolute Gasteiger partial charge is 0.303 e. The number of aliphatic hydroxyl groups excluding tert-OH is 1. The van der Waals surface area contributed by atoms with E-state index in [2.05, 4.69) is 17.1 Å². The number of benzene rings is 3. The molecule has 0 spiro atoms. The first-order valence-electron chi connectivity index (χ1n) is 14.9. The lowest BCUT2D eigenvalue weighted by Gasteiger charge is -2.43. The highest BCUT2D eigenvalue weighted by Gasteiger charge is 2.39. The highest BCUT2D eigenvalue weighted by molar-refractivity contribution is 5.80. The van der Waals surface area contributed by atoms with Crippen LogP contribution >= 0.6 is 0 Å². The van der Waals surface area contributed by atoms with Crippen LogP contribution in [0, 0.1) is 5.92 Å². The summed E-state index contributed by atoms with van der Waals surface area (Å²) in [4.78, 5) is 25.3. The number of hydrogen-bond donors (Lipinski definition) is 3. The van der Waals surface area contributed by atoms with Gasteiger partial charge in [0.2, 0.25) is 5.91 Å². The molecule has 2 aliphatic rings. The topological polar surface area (TPSA) is 118 Å². The van der Waals surface area contributed by atoms with Crippen molar-refractivity contribution in [2.45, 2.75) is 51.4 Å². The molecule has 0 aromatic heterocycles. The summed E-state index contributed by atoms with van der Waals surface area (Å²) in [6, 6.07) is 23.9.